The molecule has 0 atom stereocenters. The van der Waals surface area contributed by atoms with Crippen molar-refractivity contribution < 1.29 is 21.3 Å². The fourth-order valence-electron chi connectivity index (χ4n) is 2.73. The molecule has 4 rings (SSSR count). The van der Waals surface area contributed by atoms with Gasteiger partial charge >= 0.3 is 0 Å². The first-order valence-electron chi connectivity index (χ1n) is 8.70. The summed E-state index contributed by atoms with van der Waals surface area (Å²) in [4.78, 5) is 3.44. The van der Waals surface area contributed by atoms with Crippen LogP contribution in [0.5, 0.6) is 0 Å². The number of sulfonamides is 2. The Morgan fingerprint density at radius 1 is 0.812 bits per heavy atom. The summed E-state index contributed by atoms with van der Waals surface area (Å²) in [5, 5.41) is 0.299. The van der Waals surface area contributed by atoms with Gasteiger partial charge in [0.2, 0.25) is 5.09 Å². The molecule has 0 unspecified atom stereocenters. The van der Waals surface area contributed by atoms with Crippen LogP contribution in [0.3, 0.4) is 0 Å². The maximum atomic E-state index is 12.9. The molecule has 0 aliphatic heterocycles. The molecule has 4 aromatic rings. The third-order valence-electron chi connectivity index (χ3n) is 4.22. The molecule has 0 bridgehead atoms. The lowest BCUT2D eigenvalue weighted by molar-refractivity contribution is 0.484. The van der Waals surface area contributed by atoms with Crippen molar-refractivity contribution in [1.29, 1.82) is 0 Å². The zero-order chi connectivity index (χ0) is 23.1. The molecule has 2 aromatic carbocycles. The lowest BCUT2D eigenvalue weighted by Crippen LogP contribution is -2.17. The fourth-order valence-corrected chi connectivity index (χ4v) is 5.33. The molecule has 0 saturated carbocycles. The van der Waals surface area contributed by atoms with E-state index in [-0.39, 0.29) is 36.6 Å². The summed E-state index contributed by atoms with van der Waals surface area (Å²) in [6.07, 6.45) is 1.02. The number of nitrogens with zero attached hydrogens (tertiary/aromatic N) is 1. The highest BCUT2D eigenvalue weighted by Crippen LogP contribution is 2.32. The Hall–Kier alpha value is -2.50. The second-order valence-corrected chi connectivity index (χ2v) is 10.9. The number of hydrogen-bond acceptors (Lipinski definition) is 6. The molecule has 0 saturated heterocycles. The van der Waals surface area contributed by atoms with Gasteiger partial charge in [-0.25, -0.2) is 13.4 Å². The molecule has 2 N–H and O–H groups in total. The molecule has 8 nitrogen and oxygen atoms in total. The lowest BCUT2D eigenvalue weighted by Gasteiger charge is -2.14. The van der Waals surface area contributed by atoms with E-state index >= 15 is 0 Å². The normalized spacial score (nSPS) is 12.1. The van der Waals surface area contributed by atoms with Crippen LogP contribution in [0.25, 0.3) is 11.0 Å². The number of furan rings is 1. The topological polar surface area (TPSA) is 118 Å². The van der Waals surface area contributed by atoms with E-state index in [1.165, 1.54) is 24.3 Å². The van der Waals surface area contributed by atoms with Gasteiger partial charge in [0.15, 0.2) is 0 Å². The van der Waals surface area contributed by atoms with Gasteiger partial charge in [0, 0.05) is 22.7 Å². The highest BCUT2D eigenvalue weighted by Gasteiger charge is 2.23. The summed E-state index contributed by atoms with van der Waals surface area (Å²) in [6, 6.07) is 13.2. The van der Waals surface area contributed by atoms with E-state index in [0.29, 0.717) is 11.0 Å². The number of hydrogen-bond donors (Lipinski definition) is 2. The smallest absolute Gasteiger partial charge is 0.295 e. The van der Waals surface area contributed by atoms with Crippen molar-refractivity contribution in [2.45, 2.75) is 9.99 Å². The lowest BCUT2D eigenvalue weighted by atomic mass is 10.3. The fraction of sp³-hybridized carbons (Fsp3) is 0. The molecular formula is C19H12Cl3N3O5S2. The zero-order valence-corrected chi connectivity index (χ0v) is 19.6. The minimum atomic E-state index is -4.21. The zero-order valence-electron chi connectivity index (χ0n) is 15.7. The number of pyridine rings is 1. The standard InChI is InChI=1S/C19H12Cl3N3O5S2/c20-12-5-6-15(24-31(26,27)13-9-14(21)19(22)23-10-13)16(8-12)25-32(28,29)18-7-11-3-1-2-4-17(11)30-18/h1-10,24-25H. The monoisotopic (exact) mass is 531 g/mol. The van der Waals surface area contributed by atoms with E-state index in [1.807, 2.05) is 0 Å². The first-order valence-corrected chi connectivity index (χ1v) is 12.8. The maximum Gasteiger partial charge on any atom is 0.295 e. The molecular weight excluding hydrogens is 521 g/mol. The number of halogens is 3. The van der Waals surface area contributed by atoms with Crippen LogP contribution in [0.1, 0.15) is 0 Å². The van der Waals surface area contributed by atoms with Crippen LogP contribution in [0.2, 0.25) is 15.2 Å². The van der Waals surface area contributed by atoms with Gasteiger partial charge in [-0.1, -0.05) is 53.0 Å². The third kappa shape index (κ3) is 4.64. The number of nitrogens with one attached hydrogen (secondary N) is 2. The van der Waals surface area contributed by atoms with Crippen molar-refractivity contribution in [2.75, 3.05) is 9.44 Å². The Kier molecular flexibility index (Phi) is 5.99. The van der Waals surface area contributed by atoms with Gasteiger partial charge in [-0.3, -0.25) is 9.44 Å². The van der Waals surface area contributed by atoms with E-state index in [1.54, 1.807) is 24.3 Å². The summed E-state index contributed by atoms with van der Waals surface area (Å²) in [7, 11) is -8.39. The Morgan fingerprint density at radius 3 is 2.25 bits per heavy atom. The SMILES string of the molecule is O=S(=O)(Nc1ccc(Cl)cc1NS(=O)(=O)c1cc2ccccc2o1)c1cnc(Cl)c(Cl)c1. The van der Waals surface area contributed by atoms with E-state index in [0.717, 1.165) is 12.3 Å². The Morgan fingerprint density at radius 2 is 1.53 bits per heavy atom. The number of para-hydroxylation sites is 1. The van der Waals surface area contributed by atoms with Crippen LogP contribution in [0.4, 0.5) is 11.4 Å². The van der Waals surface area contributed by atoms with Gasteiger partial charge in [0.25, 0.3) is 20.0 Å². The number of benzene rings is 2. The van der Waals surface area contributed by atoms with Gasteiger partial charge in [-0.15, -0.1) is 0 Å². The van der Waals surface area contributed by atoms with E-state index in [2.05, 4.69) is 14.4 Å². The van der Waals surface area contributed by atoms with Gasteiger partial charge in [-0.2, -0.15) is 8.42 Å². The van der Waals surface area contributed by atoms with Crippen LogP contribution in [-0.4, -0.2) is 21.8 Å². The van der Waals surface area contributed by atoms with Gasteiger partial charge in [0.05, 0.1) is 16.4 Å². The Balaban J connectivity index is 1.69. The molecule has 13 heteroatoms. The molecule has 0 radical (unpaired) electrons. The average Bonchev–Trinajstić information content (AvgIpc) is 3.17. The van der Waals surface area contributed by atoms with Crippen molar-refractivity contribution in [3.05, 3.63) is 76.0 Å². The first-order chi connectivity index (χ1) is 15.0. The van der Waals surface area contributed by atoms with Crippen molar-refractivity contribution in [1.82, 2.24) is 4.98 Å². The van der Waals surface area contributed by atoms with Gasteiger partial charge < -0.3 is 4.42 Å². The maximum absolute atomic E-state index is 12.9. The quantitative estimate of drug-likeness (QED) is 0.321. The number of rotatable bonds is 6. The number of fused-ring (bicyclic) bond motifs is 1. The molecule has 166 valence electrons. The minimum Gasteiger partial charge on any atom is -0.443 e. The average molecular weight is 533 g/mol. The second-order valence-electron chi connectivity index (χ2n) is 6.45. The Bertz CT molecular complexity index is 1520. The molecule has 2 aromatic heterocycles. The molecule has 0 amide bonds. The van der Waals surface area contributed by atoms with Gasteiger partial charge in [-0.05, 0) is 30.3 Å². The minimum absolute atomic E-state index is 0.0588. The van der Waals surface area contributed by atoms with Crippen molar-refractivity contribution in [2.24, 2.45) is 0 Å². The number of anilines is 2. The molecule has 0 fully saturated rings. The number of aromatic nitrogens is 1. The molecule has 0 spiro atoms. The van der Waals surface area contributed by atoms with E-state index < -0.39 is 20.0 Å². The summed E-state index contributed by atoms with van der Waals surface area (Å²) in [5.74, 6) is 0. The summed E-state index contributed by atoms with van der Waals surface area (Å²) in [5.41, 5.74) is 0.182. The highest BCUT2D eigenvalue weighted by molar-refractivity contribution is 7.93. The van der Waals surface area contributed by atoms with Crippen LogP contribution < -0.4 is 9.44 Å². The predicted molar refractivity (Wildman–Crippen MR) is 124 cm³/mol. The van der Waals surface area contributed by atoms with Crippen LogP contribution in [0, 0.1) is 0 Å². The van der Waals surface area contributed by atoms with Gasteiger partial charge in [0.1, 0.15) is 15.6 Å². The van der Waals surface area contributed by atoms with E-state index in [4.69, 9.17) is 39.2 Å². The molecule has 0 aliphatic carbocycles. The van der Waals surface area contributed by atoms with Crippen LogP contribution in [-0.2, 0) is 20.0 Å². The molecule has 32 heavy (non-hydrogen) atoms. The molecule has 0 aliphatic rings. The summed E-state index contributed by atoms with van der Waals surface area (Å²) in [6.45, 7) is 0. The van der Waals surface area contributed by atoms with Crippen molar-refractivity contribution in [3.8, 4) is 0 Å². The first kappa shape index (κ1) is 22.7. The van der Waals surface area contributed by atoms with E-state index in [9.17, 15) is 16.8 Å². The third-order valence-corrected chi connectivity index (χ3v) is 7.69. The largest absolute Gasteiger partial charge is 0.443 e. The molecule has 2 heterocycles. The predicted octanol–water partition coefficient (Wildman–Crippen LogP) is 5.39. The van der Waals surface area contributed by atoms with Crippen LogP contribution in [0.15, 0.2) is 75.2 Å². The summed E-state index contributed by atoms with van der Waals surface area (Å²) >= 11 is 17.6. The van der Waals surface area contributed by atoms with Crippen molar-refractivity contribution in [3.63, 3.8) is 0 Å². The summed E-state index contributed by atoms with van der Waals surface area (Å²) < 4.78 is 61.3. The van der Waals surface area contributed by atoms with Crippen LogP contribution >= 0.6 is 34.8 Å². The van der Waals surface area contributed by atoms with Crippen molar-refractivity contribution >= 4 is 77.2 Å². The second kappa shape index (κ2) is 8.45. The highest BCUT2D eigenvalue weighted by atomic mass is 35.5. The Labute approximate surface area is 198 Å².